The summed E-state index contributed by atoms with van der Waals surface area (Å²) in [5, 5.41) is 1.22. The van der Waals surface area contributed by atoms with Gasteiger partial charge >= 0.3 is 0 Å². The van der Waals surface area contributed by atoms with Crippen molar-refractivity contribution >= 4 is 10.9 Å². The third-order valence-electron chi connectivity index (χ3n) is 4.23. The molecule has 2 aromatic rings. The molecule has 2 heterocycles. The lowest BCUT2D eigenvalue weighted by Crippen LogP contribution is -2.42. The number of morpholine rings is 1. The lowest BCUT2D eigenvalue weighted by Gasteiger charge is -2.33. The molecule has 118 valence electrons. The van der Waals surface area contributed by atoms with Crippen molar-refractivity contribution in [2.24, 2.45) is 0 Å². The topological polar surface area (TPSA) is 28.6 Å². The van der Waals surface area contributed by atoms with Gasteiger partial charge in [0, 0.05) is 37.8 Å². The highest BCUT2D eigenvalue weighted by atomic mass is 16.5. The Labute approximate surface area is 132 Å². The van der Waals surface area contributed by atoms with Crippen molar-refractivity contribution in [3.8, 4) is 0 Å². The number of ether oxygens (including phenoxy) is 1. The number of aromatic nitrogens is 1. The van der Waals surface area contributed by atoms with E-state index in [2.05, 4.69) is 53.1 Å². The summed E-state index contributed by atoms with van der Waals surface area (Å²) in [6.07, 6.45) is 3.32. The van der Waals surface area contributed by atoms with Gasteiger partial charge in [0.05, 0.1) is 18.2 Å². The summed E-state index contributed by atoms with van der Waals surface area (Å²) in [7, 11) is 4.23. The molecule has 1 atom stereocenters. The Morgan fingerprint density at radius 2 is 2.14 bits per heavy atom. The van der Waals surface area contributed by atoms with Gasteiger partial charge in [0.2, 0.25) is 0 Å². The fraction of sp³-hybridized carbons (Fsp3) is 0.500. The Bertz CT molecular complexity index is 609. The summed E-state index contributed by atoms with van der Waals surface area (Å²) in [5.74, 6) is 0. The molecule has 1 aromatic heterocycles. The number of hydrogen-bond donors (Lipinski definition) is 0. The van der Waals surface area contributed by atoms with Crippen LogP contribution in [0.1, 0.15) is 12.0 Å². The van der Waals surface area contributed by atoms with E-state index in [1.165, 1.54) is 10.9 Å². The van der Waals surface area contributed by atoms with Crippen molar-refractivity contribution in [2.45, 2.75) is 19.1 Å². The quantitative estimate of drug-likeness (QED) is 0.847. The number of pyridine rings is 1. The van der Waals surface area contributed by atoms with Gasteiger partial charge in [0.25, 0.3) is 0 Å². The van der Waals surface area contributed by atoms with E-state index in [1.807, 2.05) is 12.3 Å². The van der Waals surface area contributed by atoms with Crippen molar-refractivity contribution < 1.29 is 4.74 Å². The second-order valence-corrected chi connectivity index (χ2v) is 6.31. The summed E-state index contributed by atoms with van der Waals surface area (Å²) in [5.41, 5.74) is 2.44. The van der Waals surface area contributed by atoms with Crippen LogP contribution in [0.4, 0.5) is 0 Å². The number of para-hydroxylation sites is 1. The van der Waals surface area contributed by atoms with Crippen molar-refractivity contribution in [1.29, 1.82) is 0 Å². The monoisotopic (exact) mass is 299 g/mol. The van der Waals surface area contributed by atoms with Crippen LogP contribution < -0.4 is 0 Å². The van der Waals surface area contributed by atoms with Crippen LogP contribution in [0, 0.1) is 0 Å². The van der Waals surface area contributed by atoms with Crippen LogP contribution in [0.25, 0.3) is 10.9 Å². The second-order valence-electron chi connectivity index (χ2n) is 6.31. The van der Waals surface area contributed by atoms with Crippen molar-refractivity contribution in [1.82, 2.24) is 14.8 Å². The van der Waals surface area contributed by atoms with Crippen molar-refractivity contribution in [3.63, 3.8) is 0 Å². The van der Waals surface area contributed by atoms with Crippen LogP contribution in [-0.4, -0.2) is 61.2 Å². The first-order valence-corrected chi connectivity index (χ1v) is 8.03. The first-order chi connectivity index (χ1) is 10.7. The van der Waals surface area contributed by atoms with Gasteiger partial charge in [0.15, 0.2) is 0 Å². The number of hydrogen-bond acceptors (Lipinski definition) is 4. The molecule has 1 aliphatic rings. The summed E-state index contributed by atoms with van der Waals surface area (Å²) in [4.78, 5) is 9.27. The summed E-state index contributed by atoms with van der Waals surface area (Å²) >= 11 is 0. The maximum atomic E-state index is 5.90. The molecule has 1 saturated heterocycles. The molecule has 0 amide bonds. The molecule has 0 radical (unpaired) electrons. The van der Waals surface area contributed by atoms with Crippen LogP contribution in [0.3, 0.4) is 0 Å². The van der Waals surface area contributed by atoms with E-state index in [1.54, 1.807) is 0 Å². The van der Waals surface area contributed by atoms with Gasteiger partial charge in [-0.05, 0) is 32.1 Å². The zero-order valence-electron chi connectivity index (χ0n) is 13.5. The predicted molar refractivity (Wildman–Crippen MR) is 89.9 cm³/mol. The fourth-order valence-electron chi connectivity index (χ4n) is 3.04. The molecule has 0 saturated carbocycles. The number of nitrogens with zero attached hydrogens (tertiary/aromatic N) is 3. The highest BCUT2D eigenvalue weighted by molar-refractivity contribution is 5.81. The molecular formula is C18H25N3O. The van der Waals surface area contributed by atoms with E-state index in [-0.39, 0.29) is 0 Å². The van der Waals surface area contributed by atoms with E-state index in [0.717, 1.165) is 44.7 Å². The average Bonchev–Trinajstić information content (AvgIpc) is 2.54. The SMILES string of the molecule is CN(C)CCC1CN(Cc2cccc3cccnc23)CCO1. The van der Waals surface area contributed by atoms with Crippen molar-refractivity contribution in [2.75, 3.05) is 40.3 Å². The molecule has 1 aromatic carbocycles. The Balaban J connectivity index is 1.66. The molecule has 1 unspecified atom stereocenters. The first-order valence-electron chi connectivity index (χ1n) is 8.03. The van der Waals surface area contributed by atoms with Crippen LogP contribution in [0.5, 0.6) is 0 Å². The lowest BCUT2D eigenvalue weighted by molar-refractivity contribution is -0.0369. The van der Waals surface area contributed by atoms with Crippen LogP contribution in [0.15, 0.2) is 36.5 Å². The molecule has 4 heteroatoms. The minimum Gasteiger partial charge on any atom is -0.376 e. The Morgan fingerprint density at radius 3 is 3.00 bits per heavy atom. The number of fused-ring (bicyclic) bond motifs is 1. The molecule has 1 aliphatic heterocycles. The minimum absolute atomic E-state index is 0.346. The third kappa shape index (κ3) is 3.83. The maximum absolute atomic E-state index is 5.90. The van der Waals surface area contributed by atoms with Gasteiger partial charge < -0.3 is 9.64 Å². The van der Waals surface area contributed by atoms with Gasteiger partial charge in [0.1, 0.15) is 0 Å². The van der Waals surface area contributed by atoms with Crippen molar-refractivity contribution in [3.05, 3.63) is 42.1 Å². The molecule has 22 heavy (non-hydrogen) atoms. The molecule has 0 N–H and O–H groups in total. The Morgan fingerprint density at radius 1 is 1.27 bits per heavy atom. The van der Waals surface area contributed by atoms with E-state index < -0.39 is 0 Å². The zero-order valence-corrected chi connectivity index (χ0v) is 13.5. The zero-order chi connectivity index (χ0) is 15.4. The van der Waals surface area contributed by atoms with Gasteiger partial charge in [-0.25, -0.2) is 0 Å². The molecule has 0 aliphatic carbocycles. The molecular weight excluding hydrogens is 274 g/mol. The summed E-state index contributed by atoms with van der Waals surface area (Å²) in [6.45, 7) is 4.87. The van der Waals surface area contributed by atoms with Gasteiger partial charge in [-0.2, -0.15) is 0 Å². The molecule has 3 rings (SSSR count). The molecule has 4 nitrogen and oxygen atoms in total. The Kier molecular flexibility index (Phi) is 5.03. The molecule has 0 bridgehead atoms. The highest BCUT2D eigenvalue weighted by Crippen LogP contribution is 2.19. The Hall–Kier alpha value is -1.49. The van der Waals surface area contributed by atoms with Crippen LogP contribution >= 0.6 is 0 Å². The normalized spacial score (nSPS) is 19.9. The minimum atomic E-state index is 0.346. The average molecular weight is 299 g/mol. The van der Waals surface area contributed by atoms with E-state index in [0.29, 0.717) is 6.10 Å². The van der Waals surface area contributed by atoms with Gasteiger partial charge in [-0.1, -0.05) is 24.3 Å². The second kappa shape index (κ2) is 7.18. The third-order valence-corrected chi connectivity index (χ3v) is 4.23. The first kappa shape index (κ1) is 15.4. The highest BCUT2D eigenvalue weighted by Gasteiger charge is 2.21. The maximum Gasteiger partial charge on any atom is 0.0746 e. The van der Waals surface area contributed by atoms with Crippen LogP contribution in [0.2, 0.25) is 0 Å². The smallest absolute Gasteiger partial charge is 0.0746 e. The van der Waals surface area contributed by atoms with Crippen LogP contribution in [-0.2, 0) is 11.3 Å². The number of benzene rings is 1. The fourth-order valence-corrected chi connectivity index (χ4v) is 3.04. The standard InChI is InChI=1S/C18H25N3O/c1-20(2)10-8-17-14-21(11-12-22-17)13-16-6-3-5-15-7-4-9-19-18(15)16/h3-7,9,17H,8,10-14H2,1-2H3. The molecule has 1 fully saturated rings. The molecule has 0 spiro atoms. The van der Waals surface area contributed by atoms with E-state index in [4.69, 9.17) is 4.74 Å². The summed E-state index contributed by atoms with van der Waals surface area (Å²) < 4.78 is 5.90. The predicted octanol–water partition coefficient (Wildman–Crippen LogP) is 2.39. The lowest BCUT2D eigenvalue weighted by atomic mass is 10.1. The number of rotatable bonds is 5. The summed E-state index contributed by atoms with van der Waals surface area (Å²) in [6, 6.07) is 10.6. The largest absolute Gasteiger partial charge is 0.376 e. The van der Waals surface area contributed by atoms with E-state index >= 15 is 0 Å². The van der Waals surface area contributed by atoms with Gasteiger partial charge in [-0.15, -0.1) is 0 Å². The van der Waals surface area contributed by atoms with Gasteiger partial charge in [-0.3, -0.25) is 9.88 Å². The van der Waals surface area contributed by atoms with E-state index in [9.17, 15) is 0 Å².